The van der Waals surface area contributed by atoms with Gasteiger partial charge in [0.25, 0.3) is 17.7 Å². The van der Waals surface area contributed by atoms with Gasteiger partial charge in [-0.1, -0.05) is 31.0 Å². The number of nitrogens with zero attached hydrogens (tertiary/aromatic N) is 1. The van der Waals surface area contributed by atoms with Crippen LogP contribution in [-0.2, 0) is 14.3 Å². The Morgan fingerprint density at radius 1 is 0.921 bits per heavy atom. The molecule has 1 heterocycles. The molecule has 0 saturated heterocycles. The molecule has 194 valence electrons. The van der Waals surface area contributed by atoms with Crippen molar-refractivity contribution in [2.75, 3.05) is 22.1 Å². The Morgan fingerprint density at radius 3 is 2.32 bits per heavy atom. The lowest BCUT2D eigenvalue weighted by atomic mass is 10.1. The number of anilines is 3. The highest BCUT2D eigenvalue weighted by molar-refractivity contribution is 6.53. The van der Waals surface area contributed by atoms with Crippen molar-refractivity contribution >= 4 is 52.4 Å². The second-order valence-electron chi connectivity index (χ2n) is 8.34. The number of hydrogen-bond donors (Lipinski definition) is 2. The molecule has 1 aliphatic heterocycles. The molecule has 0 spiro atoms. The zero-order chi connectivity index (χ0) is 27.2. The van der Waals surface area contributed by atoms with Crippen molar-refractivity contribution in [3.05, 3.63) is 100 Å². The summed E-state index contributed by atoms with van der Waals surface area (Å²) in [7, 11) is 0. The summed E-state index contributed by atoms with van der Waals surface area (Å²) < 4.78 is 18.3. The van der Waals surface area contributed by atoms with Crippen LogP contribution in [0.1, 0.15) is 40.5 Å². The van der Waals surface area contributed by atoms with Crippen LogP contribution in [0.15, 0.2) is 83.5 Å². The summed E-state index contributed by atoms with van der Waals surface area (Å²) in [6.45, 7) is 2.29. The fourth-order valence-electron chi connectivity index (χ4n) is 3.60. The largest absolute Gasteiger partial charge is 0.462 e. The van der Waals surface area contributed by atoms with E-state index in [0.29, 0.717) is 18.0 Å². The maximum Gasteiger partial charge on any atom is 0.338 e. The van der Waals surface area contributed by atoms with Crippen LogP contribution >= 0.6 is 11.6 Å². The molecule has 3 aromatic rings. The zero-order valence-corrected chi connectivity index (χ0v) is 21.0. The van der Waals surface area contributed by atoms with E-state index in [-0.39, 0.29) is 27.5 Å². The lowest BCUT2D eigenvalue weighted by Crippen LogP contribution is -2.32. The number of unbranched alkanes of at least 4 members (excludes halogenated alkanes) is 1. The fraction of sp³-hybridized carbons (Fsp3) is 0.143. The van der Waals surface area contributed by atoms with Gasteiger partial charge in [0.1, 0.15) is 16.5 Å². The summed E-state index contributed by atoms with van der Waals surface area (Å²) in [5, 5.41) is 5.16. The Kier molecular flexibility index (Phi) is 8.18. The minimum absolute atomic E-state index is 0.157. The molecule has 0 fully saturated rings. The molecule has 0 aliphatic carbocycles. The topological polar surface area (TPSA) is 105 Å². The smallest absolute Gasteiger partial charge is 0.338 e. The maximum atomic E-state index is 13.1. The van der Waals surface area contributed by atoms with E-state index in [4.69, 9.17) is 16.3 Å². The SMILES string of the molecule is CCCCOC(=O)c1ccc(N2C(=O)C(Cl)=C(Nc3cccc(C(=O)Nc4ccc(F)cc4)c3)C2=O)cc1. The quantitative estimate of drug-likeness (QED) is 0.214. The molecule has 10 heteroatoms. The minimum atomic E-state index is -0.734. The van der Waals surface area contributed by atoms with Gasteiger partial charge in [-0.25, -0.2) is 14.1 Å². The van der Waals surface area contributed by atoms with Crippen LogP contribution in [0.2, 0.25) is 0 Å². The van der Waals surface area contributed by atoms with Crippen LogP contribution in [0.5, 0.6) is 0 Å². The van der Waals surface area contributed by atoms with Gasteiger partial charge in [-0.05, 0) is 73.2 Å². The molecule has 4 rings (SSSR count). The van der Waals surface area contributed by atoms with E-state index < -0.39 is 29.5 Å². The molecule has 0 saturated carbocycles. The van der Waals surface area contributed by atoms with E-state index >= 15 is 0 Å². The fourth-order valence-corrected chi connectivity index (χ4v) is 3.82. The van der Waals surface area contributed by atoms with Crippen LogP contribution in [0, 0.1) is 5.82 Å². The molecule has 1 aliphatic rings. The zero-order valence-electron chi connectivity index (χ0n) is 20.3. The highest BCUT2D eigenvalue weighted by atomic mass is 35.5. The summed E-state index contributed by atoms with van der Waals surface area (Å²) in [4.78, 5) is 51.6. The van der Waals surface area contributed by atoms with Gasteiger partial charge >= 0.3 is 5.97 Å². The molecule has 8 nitrogen and oxygen atoms in total. The lowest BCUT2D eigenvalue weighted by Gasteiger charge is -2.15. The summed E-state index contributed by atoms with van der Waals surface area (Å²) in [6, 6.07) is 17.4. The molecular formula is C28H23ClFN3O5. The van der Waals surface area contributed by atoms with E-state index in [9.17, 15) is 23.6 Å². The Bertz CT molecular complexity index is 1420. The normalized spacial score (nSPS) is 13.1. The predicted molar refractivity (Wildman–Crippen MR) is 141 cm³/mol. The van der Waals surface area contributed by atoms with Crippen LogP contribution in [0.4, 0.5) is 21.5 Å². The number of esters is 1. The van der Waals surface area contributed by atoms with Gasteiger partial charge in [-0.2, -0.15) is 0 Å². The molecule has 3 aromatic carbocycles. The standard InChI is InChI=1S/C28H23ClFN3O5/c1-2-3-15-38-28(37)17-7-13-22(14-8-17)33-26(35)23(29)24(27(33)36)31-21-6-4-5-18(16-21)25(34)32-20-11-9-19(30)10-12-20/h4-14,16,31H,2-3,15H2,1H3,(H,32,34). The summed E-state index contributed by atoms with van der Waals surface area (Å²) >= 11 is 6.21. The van der Waals surface area contributed by atoms with Gasteiger partial charge in [0.2, 0.25) is 0 Å². The van der Waals surface area contributed by atoms with Gasteiger partial charge < -0.3 is 15.4 Å². The van der Waals surface area contributed by atoms with Gasteiger partial charge in [0.05, 0.1) is 17.9 Å². The minimum Gasteiger partial charge on any atom is -0.462 e. The molecule has 38 heavy (non-hydrogen) atoms. The third-order valence-corrected chi connectivity index (χ3v) is 5.97. The average molecular weight is 536 g/mol. The molecular weight excluding hydrogens is 513 g/mol. The maximum absolute atomic E-state index is 13.1. The number of amides is 3. The Morgan fingerprint density at radius 2 is 1.63 bits per heavy atom. The van der Waals surface area contributed by atoms with Crippen molar-refractivity contribution in [1.82, 2.24) is 0 Å². The van der Waals surface area contributed by atoms with Crippen molar-refractivity contribution in [3.63, 3.8) is 0 Å². The number of imide groups is 1. The van der Waals surface area contributed by atoms with Crippen molar-refractivity contribution < 1.29 is 28.3 Å². The van der Waals surface area contributed by atoms with E-state index in [1.54, 1.807) is 18.2 Å². The van der Waals surface area contributed by atoms with E-state index in [0.717, 1.165) is 17.7 Å². The monoisotopic (exact) mass is 535 g/mol. The first-order chi connectivity index (χ1) is 18.3. The number of halogens is 2. The number of benzene rings is 3. The van der Waals surface area contributed by atoms with Crippen LogP contribution in [0.25, 0.3) is 0 Å². The Balaban J connectivity index is 1.46. The Labute approximate surface area is 223 Å². The number of carbonyl (C=O) groups excluding carboxylic acids is 4. The number of rotatable bonds is 9. The molecule has 3 amide bonds. The number of hydrogen-bond acceptors (Lipinski definition) is 6. The summed E-state index contributed by atoms with van der Waals surface area (Å²) in [6.07, 6.45) is 1.64. The first-order valence-electron chi connectivity index (χ1n) is 11.8. The number of nitrogens with one attached hydrogen (secondary N) is 2. The van der Waals surface area contributed by atoms with Crippen molar-refractivity contribution in [3.8, 4) is 0 Å². The van der Waals surface area contributed by atoms with E-state index in [1.165, 1.54) is 54.6 Å². The van der Waals surface area contributed by atoms with Crippen LogP contribution in [0.3, 0.4) is 0 Å². The number of carbonyl (C=O) groups is 4. The summed E-state index contributed by atoms with van der Waals surface area (Å²) in [5.41, 5.74) is 1.37. The first-order valence-corrected chi connectivity index (χ1v) is 12.2. The highest BCUT2D eigenvalue weighted by Crippen LogP contribution is 2.30. The summed E-state index contributed by atoms with van der Waals surface area (Å²) in [5.74, 6) is -2.80. The molecule has 0 unspecified atom stereocenters. The predicted octanol–water partition coefficient (Wildman–Crippen LogP) is 5.47. The highest BCUT2D eigenvalue weighted by Gasteiger charge is 2.39. The van der Waals surface area contributed by atoms with Crippen LogP contribution < -0.4 is 15.5 Å². The number of ether oxygens (including phenoxy) is 1. The molecule has 0 atom stereocenters. The first kappa shape index (κ1) is 26.6. The Hall–Kier alpha value is -4.50. The molecule has 0 bridgehead atoms. The molecule has 2 N–H and O–H groups in total. The van der Waals surface area contributed by atoms with Crippen molar-refractivity contribution in [1.29, 1.82) is 0 Å². The molecule has 0 aromatic heterocycles. The lowest BCUT2D eigenvalue weighted by molar-refractivity contribution is -0.120. The van der Waals surface area contributed by atoms with Crippen molar-refractivity contribution in [2.45, 2.75) is 19.8 Å². The third-order valence-electron chi connectivity index (χ3n) is 5.62. The van der Waals surface area contributed by atoms with Gasteiger partial charge in [-0.15, -0.1) is 0 Å². The second kappa shape index (κ2) is 11.7. The van der Waals surface area contributed by atoms with Gasteiger partial charge in [-0.3, -0.25) is 14.4 Å². The van der Waals surface area contributed by atoms with Crippen LogP contribution in [-0.4, -0.2) is 30.3 Å². The average Bonchev–Trinajstić information content (AvgIpc) is 3.13. The van der Waals surface area contributed by atoms with Gasteiger partial charge in [0, 0.05) is 16.9 Å². The van der Waals surface area contributed by atoms with Gasteiger partial charge in [0.15, 0.2) is 0 Å². The second-order valence-corrected chi connectivity index (χ2v) is 8.72. The van der Waals surface area contributed by atoms with E-state index in [1.807, 2.05) is 6.92 Å². The molecule has 0 radical (unpaired) electrons. The van der Waals surface area contributed by atoms with E-state index in [2.05, 4.69) is 10.6 Å². The van der Waals surface area contributed by atoms with Crippen molar-refractivity contribution in [2.24, 2.45) is 0 Å². The third kappa shape index (κ3) is 5.90.